The summed E-state index contributed by atoms with van der Waals surface area (Å²) in [6.07, 6.45) is 0. The summed E-state index contributed by atoms with van der Waals surface area (Å²) in [7, 11) is -0.877. The molecule has 0 unspecified atom stereocenters. The summed E-state index contributed by atoms with van der Waals surface area (Å²) in [5.74, 6) is -1.08. The predicted octanol–water partition coefficient (Wildman–Crippen LogP) is -1.24. The van der Waals surface area contributed by atoms with Crippen molar-refractivity contribution in [2.24, 2.45) is 0 Å². The van der Waals surface area contributed by atoms with Crippen LogP contribution in [0.15, 0.2) is 91.0 Å². The molecule has 0 atom stereocenters. The number of carboxylic acid groups (broad SMARTS) is 1. The van der Waals surface area contributed by atoms with E-state index in [0.29, 0.717) is 0 Å². The van der Waals surface area contributed by atoms with Gasteiger partial charge in [-0.25, -0.2) is 0 Å². The third kappa shape index (κ3) is 8.39. The first-order valence-electron chi connectivity index (χ1n) is 7.39. The number of rotatable bonds is 3. The first kappa shape index (κ1) is 24.2. The number of hydrogen-bond donors (Lipinski definition) is 0. The van der Waals surface area contributed by atoms with E-state index in [1.165, 1.54) is 15.9 Å². The number of aliphatic carboxylic acids is 1. The molecule has 124 valence electrons. The molecule has 5 heteroatoms. The molecule has 3 nitrogen and oxygen atoms in total. The maximum atomic E-state index is 8.89. The Morgan fingerprint density at radius 2 is 0.880 bits per heavy atom. The molecule has 0 saturated carbocycles. The van der Waals surface area contributed by atoms with Crippen LogP contribution in [0, 0.1) is 0 Å². The van der Waals surface area contributed by atoms with Crippen LogP contribution in [0.5, 0.6) is 0 Å². The zero-order chi connectivity index (χ0) is 16.5. The standard InChI is InChI=1S/C18H15P.C2H4O2.K.H2O/c1-4-10-16(11-5-1)19(17-12-6-2-7-13-17)18-14-8-3-9-15-18;1-2(3)4;;/h1-15H;1H3,(H,3,4);;1H2/q;;+1;/p-1. The van der Waals surface area contributed by atoms with Crippen molar-refractivity contribution in [3.63, 3.8) is 0 Å². The quantitative estimate of drug-likeness (QED) is 0.423. The zero-order valence-electron chi connectivity index (χ0n) is 14.4. The van der Waals surface area contributed by atoms with Gasteiger partial charge in [0.2, 0.25) is 0 Å². The molecule has 25 heavy (non-hydrogen) atoms. The number of carbonyl (C=O) groups is 1. The smallest absolute Gasteiger partial charge is 0.870 e. The minimum Gasteiger partial charge on any atom is -0.870 e. The fraction of sp³-hybridized carbons (Fsp3) is 0.0500. The molecule has 3 rings (SSSR count). The minimum atomic E-state index is -1.08. The Morgan fingerprint density at radius 1 is 0.680 bits per heavy atom. The van der Waals surface area contributed by atoms with Crippen LogP contribution in [-0.4, -0.2) is 11.4 Å². The molecule has 0 fully saturated rings. The van der Waals surface area contributed by atoms with Gasteiger partial charge in [0, 0.05) is 5.97 Å². The third-order valence-corrected chi connectivity index (χ3v) is 5.92. The van der Waals surface area contributed by atoms with Gasteiger partial charge in [-0.3, -0.25) is 0 Å². The van der Waals surface area contributed by atoms with Crippen LogP contribution >= 0.6 is 7.92 Å². The Labute approximate surface area is 192 Å². The molecular formula is C20H20KO3P. The van der Waals surface area contributed by atoms with Gasteiger partial charge in [0.1, 0.15) is 15.9 Å². The molecule has 0 bridgehead atoms. The number of carbonyl (C=O) groups excluding carboxylic acids is 1. The fourth-order valence-corrected chi connectivity index (χ4v) is 4.89. The molecule has 0 aliphatic carbocycles. The van der Waals surface area contributed by atoms with Gasteiger partial charge in [-0.15, -0.1) is 0 Å². The van der Waals surface area contributed by atoms with Crippen molar-refractivity contribution in [3.8, 4) is 0 Å². The van der Waals surface area contributed by atoms with Crippen molar-refractivity contribution in [2.45, 2.75) is 6.92 Å². The molecule has 0 radical (unpaired) electrons. The molecule has 0 aromatic heterocycles. The van der Waals surface area contributed by atoms with E-state index in [-0.39, 0.29) is 56.9 Å². The monoisotopic (exact) mass is 378 g/mol. The molecule has 3 aromatic rings. The van der Waals surface area contributed by atoms with E-state index in [1.54, 1.807) is 0 Å². The van der Waals surface area contributed by atoms with Crippen LogP contribution in [0.3, 0.4) is 0 Å². The van der Waals surface area contributed by atoms with Gasteiger partial charge in [0.15, 0.2) is 0 Å². The number of benzene rings is 3. The number of carboxylic acids is 1. The van der Waals surface area contributed by atoms with E-state index in [1.807, 2.05) is 0 Å². The Morgan fingerprint density at radius 3 is 1.08 bits per heavy atom. The van der Waals surface area contributed by atoms with Gasteiger partial charge in [0.05, 0.1) is 7.92 Å². The van der Waals surface area contributed by atoms with Crippen LogP contribution in [0.4, 0.5) is 0 Å². The Kier molecular flexibility index (Phi) is 12.9. The van der Waals surface area contributed by atoms with Gasteiger partial charge < -0.3 is 15.4 Å². The van der Waals surface area contributed by atoms with Gasteiger partial charge in [-0.2, -0.15) is 0 Å². The fourth-order valence-electron chi connectivity index (χ4n) is 2.31. The molecule has 0 amide bonds. The topological polar surface area (TPSA) is 70.1 Å². The van der Waals surface area contributed by atoms with E-state index in [9.17, 15) is 0 Å². The number of hydrogen-bond acceptors (Lipinski definition) is 3. The summed E-state index contributed by atoms with van der Waals surface area (Å²) in [6.45, 7) is 0.972. The summed E-state index contributed by atoms with van der Waals surface area (Å²) in [5, 5.41) is 13.2. The first-order valence-corrected chi connectivity index (χ1v) is 8.89. The normalized spacial score (nSPS) is 9.04. The zero-order valence-corrected chi connectivity index (χ0v) is 18.5. The van der Waals surface area contributed by atoms with Crippen molar-refractivity contribution in [1.29, 1.82) is 0 Å². The summed E-state index contributed by atoms with van der Waals surface area (Å²) in [6, 6.07) is 32.5. The molecule has 0 spiro atoms. The average Bonchev–Trinajstić information content (AvgIpc) is 2.58. The second-order valence-corrected chi connectivity index (χ2v) is 7.45. The van der Waals surface area contributed by atoms with Crippen molar-refractivity contribution < 1.29 is 66.8 Å². The van der Waals surface area contributed by atoms with Crippen molar-refractivity contribution in [2.75, 3.05) is 0 Å². The first-order chi connectivity index (χ1) is 11.2. The molecule has 1 N–H and O–H groups in total. The summed E-state index contributed by atoms with van der Waals surface area (Å²) in [5.41, 5.74) is 0. The Bertz CT molecular complexity index is 624. The second kappa shape index (κ2) is 13.4. The largest absolute Gasteiger partial charge is 1.00 e. The second-order valence-electron chi connectivity index (χ2n) is 4.96. The van der Waals surface area contributed by atoms with E-state index < -0.39 is 13.9 Å². The van der Waals surface area contributed by atoms with E-state index in [0.717, 1.165) is 6.92 Å². The van der Waals surface area contributed by atoms with E-state index >= 15 is 0 Å². The average molecular weight is 378 g/mol. The third-order valence-electron chi connectivity index (χ3n) is 3.19. The SMILES string of the molecule is CC(=O)[O-].[K+].[OH-].c1ccc([PH+](c2ccccc2)c2ccccc2)cc1. The van der Waals surface area contributed by atoms with Crippen molar-refractivity contribution in [3.05, 3.63) is 91.0 Å². The van der Waals surface area contributed by atoms with Crippen molar-refractivity contribution >= 4 is 29.8 Å². The molecule has 0 aliphatic rings. The predicted molar refractivity (Wildman–Crippen MR) is 99.2 cm³/mol. The van der Waals surface area contributed by atoms with Gasteiger partial charge >= 0.3 is 51.4 Å². The van der Waals surface area contributed by atoms with Crippen molar-refractivity contribution in [1.82, 2.24) is 0 Å². The van der Waals surface area contributed by atoms with E-state index in [4.69, 9.17) is 9.90 Å². The van der Waals surface area contributed by atoms with Crippen LogP contribution in [0.2, 0.25) is 0 Å². The van der Waals surface area contributed by atoms with Gasteiger partial charge in [-0.1, -0.05) is 54.6 Å². The van der Waals surface area contributed by atoms with Crippen LogP contribution in [-0.2, 0) is 4.79 Å². The van der Waals surface area contributed by atoms with Gasteiger partial charge in [-0.05, 0) is 43.3 Å². The summed E-state index contributed by atoms with van der Waals surface area (Å²) < 4.78 is 0. The Balaban J connectivity index is 0.000000874. The molecule has 0 heterocycles. The summed E-state index contributed by atoms with van der Waals surface area (Å²) >= 11 is 0. The molecular weight excluding hydrogens is 358 g/mol. The molecule has 0 aliphatic heterocycles. The van der Waals surface area contributed by atoms with Crippen LogP contribution in [0.1, 0.15) is 6.92 Å². The van der Waals surface area contributed by atoms with Gasteiger partial charge in [0.25, 0.3) is 0 Å². The maximum Gasteiger partial charge on any atom is 1.00 e. The van der Waals surface area contributed by atoms with Crippen LogP contribution in [0.25, 0.3) is 0 Å². The Hall–Kier alpha value is -0.844. The van der Waals surface area contributed by atoms with E-state index in [2.05, 4.69) is 91.0 Å². The molecule has 0 saturated heterocycles. The minimum absolute atomic E-state index is 0. The summed E-state index contributed by atoms with van der Waals surface area (Å²) in [4.78, 5) is 8.89. The van der Waals surface area contributed by atoms with Crippen LogP contribution < -0.4 is 72.4 Å². The molecule has 3 aromatic carbocycles. The maximum absolute atomic E-state index is 8.89.